The van der Waals surface area contributed by atoms with Gasteiger partial charge in [0.1, 0.15) is 11.9 Å². The SMILES string of the molecule is CC(F)C(=O)N[C@H](C)C(C)Oc1ccc2c(c1)[nH]c1cc(N)ccc12. The van der Waals surface area contributed by atoms with Gasteiger partial charge in [-0.1, -0.05) is 6.07 Å². The number of fused-ring (bicyclic) bond motifs is 3. The molecular formula is C19H22FN3O2. The second-order valence-electron chi connectivity index (χ2n) is 6.37. The standard InChI is InChI=1S/C19H22FN3O2/c1-10(20)19(24)22-11(2)12(3)25-14-5-7-16-15-6-4-13(21)8-17(15)23-18(16)9-14/h4-12,23H,21H2,1-3H3,(H,22,24)/t10?,11-,12?/m1/s1. The third-order valence-electron chi connectivity index (χ3n) is 4.35. The predicted octanol–water partition coefficient (Wildman–Crippen LogP) is 3.53. The number of amides is 1. The molecule has 0 aliphatic carbocycles. The summed E-state index contributed by atoms with van der Waals surface area (Å²) in [4.78, 5) is 14.8. The molecule has 2 unspecified atom stereocenters. The molecule has 3 rings (SSSR count). The Hall–Kier alpha value is -2.76. The molecule has 132 valence electrons. The Morgan fingerprint density at radius 2 is 1.76 bits per heavy atom. The van der Waals surface area contributed by atoms with Crippen LogP contribution in [0.5, 0.6) is 5.75 Å². The van der Waals surface area contributed by atoms with Gasteiger partial charge in [-0.2, -0.15) is 0 Å². The second-order valence-corrected chi connectivity index (χ2v) is 6.37. The number of aromatic amines is 1. The molecule has 0 aliphatic heterocycles. The van der Waals surface area contributed by atoms with Gasteiger partial charge in [0.15, 0.2) is 6.17 Å². The number of hydrogen-bond acceptors (Lipinski definition) is 3. The molecule has 1 aromatic heterocycles. The number of nitrogens with two attached hydrogens (primary N) is 1. The number of ether oxygens (including phenoxy) is 1. The first kappa shape index (κ1) is 17.1. The smallest absolute Gasteiger partial charge is 0.254 e. The van der Waals surface area contributed by atoms with Crippen molar-refractivity contribution < 1.29 is 13.9 Å². The van der Waals surface area contributed by atoms with Crippen LogP contribution >= 0.6 is 0 Å². The molecule has 1 heterocycles. The Morgan fingerprint density at radius 1 is 1.12 bits per heavy atom. The number of H-pyrrole nitrogens is 1. The van der Waals surface area contributed by atoms with E-state index in [-0.39, 0.29) is 12.1 Å². The molecule has 0 aliphatic rings. The number of carbonyl (C=O) groups is 1. The molecule has 3 atom stereocenters. The van der Waals surface area contributed by atoms with E-state index in [0.717, 1.165) is 21.8 Å². The van der Waals surface area contributed by atoms with Crippen molar-refractivity contribution in [2.24, 2.45) is 0 Å². The van der Waals surface area contributed by atoms with Crippen LogP contribution in [0, 0.1) is 0 Å². The Labute approximate surface area is 145 Å². The minimum Gasteiger partial charge on any atom is -0.489 e. The lowest BCUT2D eigenvalue weighted by atomic mass is 10.1. The Morgan fingerprint density at radius 3 is 2.44 bits per heavy atom. The number of hydrogen-bond donors (Lipinski definition) is 3. The van der Waals surface area contributed by atoms with Crippen molar-refractivity contribution in [3.8, 4) is 5.75 Å². The lowest BCUT2D eigenvalue weighted by Gasteiger charge is -2.23. The molecule has 25 heavy (non-hydrogen) atoms. The van der Waals surface area contributed by atoms with Crippen molar-refractivity contribution in [1.82, 2.24) is 10.3 Å². The van der Waals surface area contributed by atoms with E-state index in [1.54, 1.807) is 6.92 Å². The van der Waals surface area contributed by atoms with E-state index >= 15 is 0 Å². The summed E-state index contributed by atoms with van der Waals surface area (Å²) in [6.45, 7) is 4.84. The third kappa shape index (κ3) is 3.52. The number of anilines is 1. The lowest BCUT2D eigenvalue weighted by Crippen LogP contribution is -2.44. The molecule has 0 radical (unpaired) electrons. The van der Waals surface area contributed by atoms with E-state index in [4.69, 9.17) is 10.5 Å². The largest absolute Gasteiger partial charge is 0.489 e. The maximum Gasteiger partial charge on any atom is 0.254 e. The fourth-order valence-corrected chi connectivity index (χ4v) is 2.75. The molecule has 0 bridgehead atoms. The van der Waals surface area contributed by atoms with Crippen LogP contribution < -0.4 is 15.8 Å². The van der Waals surface area contributed by atoms with Gasteiger partial charge in [-0.15, -0.1) is 0 Å². The number of aromatic nitrogens is 1. The van der Waals surface area contributed by atoms with Crippen LogP contribution in [0.15, 0.2) is 36.4 Å². The van der Waals surface area contributed by atoms with Gasteiger partial charge >= 0.3 is 0 Å². The Balaban J connectivity index is 1.79. The molecule has 4 N–H and O–H groups in total. The minimum absolute atomic E-state index is 0.305. The van der Waals surface area contributed by atoms with Crippen molar-refractivity contribution >= 4 is 33.4 Å². The number of nitrogens with one attached hydrogen (secondary N) is 2. The zero-order chi connectivity index (χ0) is 18.1. The number of halogens is 1. The first-order valence-corrected chi connectivity index (χ1v) is 8.27. The van der Waals surface area contributed by atoms with Gasteiger partial charge in [-0.3, -0.25) is 4.79 Å². The normalized spacial score (nSPS) is 15.0. The molecular weight excluding hydrogens is 321 g/mol. The predicted molar refractivity (Wildman–Crippen MR) is 98.5 cm³/mol. The van der Waals surface area contributed by atoms with Crippen LogP contribution in [-0.2, 0) is 4.79 Å². The minimum atomic E-state index is -1.54. The van der Waals surface area contributed by atoms with Crippen molar-refractivity contribution in [1.29, 1.82) is 0 Å². The summed E-state index contributed by atoms with van der Waals surface area (Å²) in [6.07, 6.45) is -1.84. The fraction of sp³-hybridized carbons (Fsp3) is 0.316. The van der Waals surface area contributed by atoms with Crippen LogP contribution in [-0.4, -0.2) is 29.2 Å². The highest BCUT2D eigenvalue weighted by atomic mass is 19.1. The summed E-state index contributed by atoms with van der Waals surface area (Å²) in [5.74, 6) is 0.0422. The number of alkyl halides is 1. The molecule has 6 heteroatoms. The highest BCUT2D eigenvalue weighted by Crippen LogP contribution is 2.29. The van der Waals surface area contributed by atoms with E-state index < -0.39 is 12.1 Å². The van der Waals surface area contributed by atoms with Crippen molar-refractivity contribution in [2.45, 2.75) is 39.1 Å². The van der Waals surface area contributed by atoms with Crippen molar-refractivity contribution in [2.75, 3.05) is 5.73 Å². The van der Waals surface area contributed by atoms with E-state index in [0.29, 0.717) is 11.4 Å². The molecule has 2 aromatic carbocycles. The average molecular weight is 343 g/mol. The molecule has 5 nitrogen and oxygen atoms in total. The zero-order valence-corrected chi connectivity index (χ0v) is 14.5. The number of rotatable bonds is 5. The van der Waals surface area contributed by atoms with Crippen LogP contribution in [0.25, 0.3) is 21.8 Å². The average Bonchev–Trinajstić information content (AvgIpc) is 2.90. The molecule has 1 amide bonds. The molecule has 0 saturated heterocycles. The molecule has 0 saturated carbocycles. The Kier molecular flexibility index (Phi) is 4.53. The van der Waals surface area contributed by atoms with E-state index in [1.807, 2.05) is 43.3 Å². The van der Waals surface area contributed by atoms with Crippen LogP contribution in [0.1, 0.15) is 20.8 Å². The molecule has 0 fully saturated rings. The van der Waals surface area contributed by atoms with Gasteiger partial charge in [-0.05, 0) is 45.0 Å². The highest BCUT2D eigenvalue weighted by Gasteiger charge is 2.19. The monoisotopic (exact) mass is 343 g/mol. The third-order valence-corrected chi connectivity index (χ3v) is 4.35. The quantitative estimate of drug-likeness (QED) is 0.620. The molecule has 0 spiro atoms. The van der Waals surface area contributed by atoms with Gasteiger partial charge in [0, 0.05) is 28.0 Å². The molecule has 3 aromatic rings. The van der Waals surface area contributed by atoms with E-state index in [9.17, 15) is 9.18 Å². The van der Waals surface area contributed by atoms with Gasteiger partial charge in [0.05, 0.1) is 11.6 Å². The summed E-state index contributed by atoms with van der Waals surface area (Å²) in [6, 6.07) is 11.2. The van der Waals surface area contributed by atoms with E-state index in [2.05, 4.69) is 10.3 Å². The highest BCUT2D eigenvalue weighted by molar-refractivity contribution is 6.08. The maximum absolute atomic E-state index is 13.0. The lowest BCUT2D eigenvalue weighted by molar-refractivity contribution is -0.126. The summed E-state index contributed by atoms with van der Waals surface area (Å²) in [7, 11) is 0. The summed E-state index contributed by atoms with van der Waals surface area (Å²) in [5, 5.41) is 4.79. The van der Waals surface area contributed by atoms with Crippen LogP contribution in [0.2, 0.25) is 0 Å². The van der Waals surface area contributed by atoms with E-state index in [1.165, 1.54) is 6.92 Å². The van der Waals surface area contributed by atoms with Gasteiger partial charge in [0.2, 0.25) is 0 Å². The Bertz CT molecular complexity index is 920. The van der Waals surface area contributed by atoms with Gasteiger partial charge in [-0.25, -0.2) is 4.39 Å². The summed E-state index contributed by atoms with van der Waals surface area (Å²) < 4.78 is 18.9. The number of benzene rings is 2. The van der Waals surface area contributed by atoms with Crippen LogP contribution in [0.4, 0.5) is 10.1 Å². The fourth-order valence-electron chi connectivity index (χ4n) is 2.75. The van der Waals surface area contributed by atoms with Crippen molar-refractivity contribution in [3.05, 3.63) is 36.4 Å². The number of nitrogen functional groups attached to an aromatic ring is 1. The zero-order valence-electron chi connectivity index (χ0n) is 14.5. The number of carbonyl (C=O) groups excluding carboxylic acids is 1. The first-order valence-electron chi connectivity index (χ1n) is 8.27. The van der Waals surface area contributed by atoms with Gasteiger partial charge < -0.3 is 20.8 Å². The van der Waals surface area contributed by atoms with Gasteiger partial charge in [0.25, 0.3) is 5.91 Å². The van der Waals surface area contributed by atoms with Crippen LogP contribution in [0.3, 0.4) is 0 Å². The maximum atomic E-state index is 13.0. The van der Waals surface area contributed by atoms with Crippen molar-refractivity contribution in [3.63, 3.8) is 0 Å². The summed E-state index contributed by atoms with van der Waals surface area (Å²) in [5.41, 5.74) is 8.45. The summed E-state index contributed by atoms with van der Waals surface area (Å²) >= 11 is 0. The topological polar surface area (TPSA) is 80.1 Å². The second kappa shape index (κ2) is 6.63. The first-order chi connectivity index (χ1) is 11.8.